The number of hydrogen-bond acceptors (Lipinski definition) is 3. The maximum absolute atomic E-state index is 12.7. The fourth-order valence-corrected chi connectivity index (χ4v) is 2.76. The summed E-state index contributed by atoms with van der Waals surface area (Å²) in [6.07, 6.45) is 3.49. The molecule has 1 unspecified atom stereocenters. The molecule has 2 rings (SSSR count). The van der Waals surface area contributed by atoms with E-state index < -0.39 is 6.04 Å². The molecule has 0 spiro atoms. The van der Waals surface area contributed by atoms with Crippen LogP contribution in [0, 0.1) is 0 Å². The smallest absolute Gasteiger partial charge is 0.244 e. The number of rotatable bonds is 5. The molecule has 0 aliphatic rings. The Balaban J connectivity index is 2.17. The molecule has 2 aromatic rings. The highest BCUT2D eigenvalue weighted by Gasteiger charge is 2.24. The molecule has 1 N–H and O–H groups in total. The molecular formula is C15H18Cl2N4O. The van der Waals surface area contributed by atoms with Crippen LogP contribution in [0.15, 0.2) is 30.6 Å². The van der Waals surface area contributed by atoms with Crippen molar-refractivity contribution in [2.45, 2.75) is 12.6 Å². The summed E-state index contributed by atoms with van der Waals surface area (Å²) < 4.78 is 1.66. The first-order valence-electron chi connectivity index (χ1n) is 6.77. The molecule has 0 bridgehead atoms. The zero-order valence-electron chi connectivity index (χ0n) is 12.7. The first kappa shape index (κ1) is 16.8. The van der Waals surface area contributed by atoms with Gasteiger partial charge >= 0.3 is 0 Å². The molecule has 7 heteroatoms. The second-order valence-electron chi connectivity index (χ2n) is 5.06. The van der Waals surface area contributed by atoms with Gasteiger partial charge in [0.2, 0.25) is 5.91 Å². The van der Waals surface area contributed by atoms with Crippen molar-refractivity contribution in [3.05, 3.63) is 51.8 Å². The molecule has 0 aliphatic heterocycles. The minimum Gasteiger partial charge on any atom is -0.340 e. The van der Waals surface area contributed by atoms with Crippen LogP contribution in [-0.4, -0.2) is 34.7 Å². The van der Waals surface area contributed by atoms with Crippen molar-refractivity contribution in [1.82, 2.24) is 20.0 Å². The fraction of sp³-hybridized carbons (Fsp3) is 0.333. The first-order chi connectivity index (χ1) is 10.4. The second-order valence-corrected chi connectivity index (χ2v) is 5.88. The van der Waals surface area contributed by atoms with Crippen LogP contribution in [0.25, 0.3) is 0 Å². The van der Waals surface area contributed by atoms with Crippen LogP contribution in [0.3, 0.4) is 0 Å². The number of halogens is 2. The molecule has 0 saturated heterocycles. The quantitative estimate of drug-likeness (QED) is 0.910. The van der Waals surface area contributed by atoms with Crippen molar-refractivity contribution in [3.8, 4) is 0 Å². The Labute approximate surface area is 139 Å². The maximum Gasteiger partial charge on any atom is 0.244 e. The number of amides is 1. The number of carbonyl (C=O) groups is 1. The van der Waals surface area contributed by atoms with Gasteiger partial charge in [-0.2, -0.15) is 5.10 Å². The van der Waals surface area contributed by atoms with E-state index in [4.69, 9.17) is 23.2 Å². The third-order valence-electron chi connectivity index (χ3n) is 3.43. The number of benzene rings is 1. The Morgan fingerprint density at radius 3 is 2.55 bits per heavy atom. The Morgan fingerprint density at radius 1 is 1.41 bits per heavy atom. The Kier molecular flexibility index (Phi) is 5.45. The van der Waals surface area contributed by atoms with E-state index in [1.54, 1.807) is 48.1 Å². The molecule has 1 heterocycles. The average molecular weight is 341 g/mol. The van der Waals surface area contributed by atoms with E-state index in [9.17, 15) is 4.79 Å². The Hall–Kier alpha value is -1.56. The molecule has 1 atom stereocenters. The van der Waals surface area contributed by atoms with Gasteiger partial charge in [-0.05, 0) is 19.2 Å². The number of nitrogens with zero attached hydrogens (tertiary/aromatic N) is 3. The van der Waals surface area contributed by atoms with Crippen molar-refractivity contribution in [2.75, 3.05) is 14.1 Å². The van der Waals surface area contributed by atoms with Crippen LogP contribution in [0.2, 0.25) is 10.0 Å². The van der Waals surface area contributed by atoms with Crippen molar-refractivity contribution in [2.24, 2.45) is 7.05 Å². The monoisotopic (exact) mass is 340 g/mol. The van der Waals surface area contributed by atoms with Crippen LogP contribution >= 0.6 is 23.2 Å². The summed E-state index contributed by atoms with van der Waals surface area (Å²) in [6, 6.07) is 4.84. The van der Waals surface area contributed by atoms with E-state index in [1.165, 1.54) is 0 Å². The van der Waals surface area contributed by atoms with Crippen LogP contribution < -0.4 is 5.32 Å². The summed E-state index contributed by atoms with van der Waals surface area (Å²) in [5.74, 6) is -0.0773. The lowest BCUT2D eigenvalue weighted by molar-refractivity contribution is -0.132. The molecule has 22 heavy (non-hydrogen) atoms. The summed E-state index contributed by atoms with van der Waals surface area (Å²) >= 11 is 12.3. The molecular weight excluding hydrogens is 323 g/mol. The zero-order valence-corrected chi connectivity index (χ0v) is 14.2. The number of carbonyl (C=O) groups excluding carboxylic acids is 1. The van der Waals surface area contributed by atoms with Gasteiger partial charge in [-0.25, -0.2) is 0 Å². The number of hydrogen-bond donors (Lipinski definition) is 1. The largest absolute Gasteiger partial charge is 0.340 e. The van der Waals surface area contributed by atoms with Gasteiger partial charge in [0.25, 0.3) is 0 Å². The molecule has 0 aliphatic carbocycles. The molecule has 1 aromatic carbocycles. The summed E-state index contributed by atoms with van der Waals surface area (Å²) in [6.45, 7) is 0.343. The Morgan fingerprint density at radius 2 is 2.05 bits per heavy atom. The van der Waals surface area contributed by atoms with Gasteiger partial charge in [-0.15, -0.1) is 0 Å². The van der Waals surface area contributed by atoms with E-state index in [0.29, 0.717) is 16.6 Å². The standard InChI is InChI=1S/C15H18Cl2N4O/c1-18-14(10-7-19-21(3)8-10)15(22)20(2)9-11-12(16)5-4-6-13(11)17/h4-8,14,18H,9H2,1-3H3. The third kappa shape index (κ3) is 3.61. The minimum absolute atomic E-state index is 0.0773. The summed E-state index contributed by atoms with van der Waals surface area (Å²) in [4.78, 5) is 14.2. The number of aromatic nitrogens is 2. The lowest BCUT2D eigenvalue weighted by Crippen LogP contribution is -2.37. The summed E-state index contributed by atoms with van der Waals surface area (Å²) in [5, 5.41) is 8.22. The van der Waals surface area contributed by atoms with Crippen LogP contribution in [-0.2, 0) is 18.4 Å². The lowest BCUT2D eigenvalue weighted by atomic mass is 10.1. The number of nitrogens with one attached hydrogen (secondary N) is 1. The van der Waals surface area contributed by atoms with Gasteiger partial charge < -0.3 is 10.2 Å². The lowest BCUT2D eigenvalue weighted by Gasteiger charge is -2.23. The fourth-order valence-electron chi connectivity index (χ4n) is 2.24. The van der Waals surface area contributed by atoms with Crippen molar-refractivity contribution >= 4 is 29.1 Å². The minimum atomic E-state index is -0.458. The molecule has 0 saturated carbocycles. The van der Waals surface area contributed by atoms with Gasteiger partial charge in [-0.1, -0.05) is 29.3 Å². The molecule has 1 amide bonds. The van der Waals surface area contributed by atoms with Crippen LogP contribution in [0.1, 0.15) is 17.2 Å². The average Bonchev–Trinajstić information content (AvgIpc) is 2.90. The Bertz CT molecular complexity index is 651. The molecule has 0 radical (unpaired) electrons. The third-order valence-corrected chi connectivity index (χ3v) is 4.14. The topological polar surface area (TPSA) is 50.2 Å². The van der Waals surface area contributed by atoms with Gasteiger partial charge in [-0.3, -0.25) is 9.48 Å². The maximum atomic E-state index is 12.7. The highest BCUT2D eigenvalue weighted by atomic mass is 35.5. The predicted molar refractivity (Wildman–Crippen MR) is 87.9 cm³/mol. The highest BCUT2D eigenvalue weighted by Crippen LogP contribution is 2.26. The van der Waals surface area contributed by atoms with Gasteiger partial charge in [0.15, 0.2) is 0 Å². The summed E-state index contributed by atoms with van der Waals surface area (Å²) in [7, 11) is 5.28. The normalized spacial score (nSPS) is 12.2. The molecule has 118 valence electrons. The summed E-state index contributed by atoms with van der Waals surface area (Å²) in [5.41, 5.74) is 1.55. The van der Waals surface area contributed by atoms with Gasteiger partial charge in [0.05, 0.1) is 6.20 Å². The van der Waals surface area contributed by atoms with Gasteiger partial charge in [0, 0.05) is 48.0 Å². The first-order valence-corrected chi connectivity index (χ1v) is 7.53. The molecule has 1 aromatic heterocycles. The van der Waals surface area contributed by atoms with E-state index >= 15 is 0 Å². The molecule has 5 nitrogen and oxygen atoms in total. The zero-order chi connectivity index (χ0) is 16.3. The van der Waals surface area contributed by atoms with E-state index in [-0.39, 0.29) is 5.91 Å². The van der Waals surface area contributed by atoms with Crippen LogP contribution in [0.5, 0.6) is 0 Å². The number of likely N-dealkylation sites (N-methyl/N-ethyl adjacent to an activating group) is 2. The predicted octanol–water partition coefficient (Wildman–Crippen LogP) is 2.65. The molecule has 0 fully saturated rings. The number of aryl methyl sites for hydroxylation is 1. The van der Waals surface area contributed by atoms with Crippen LogP contribution in [0.4, 0.5) is 0 Å². The van der Waals surface area contributed by atoms with Crippen molar-refractivity contribution in [3.63, 3.8) is 0 Å². The van der Waals surface area contributed by atoms with E-state index in [2.05, 4.69) is 10.4 Å². The van der Waals surface area contributed by atoms with Crippen molar-refractivity contribution in [1.29, 1.82) is 0 Å². The SMILES string of the molecule is CNC(C(=O)N(C)Cc1c(Cl)cccc1Cl)c1cnn(C)c1. The van der Waals surface area contributed by atoms with Gasteiger partial charge in [0.1, 0.15) is 6.04 Å². The second kappa shape index (κ2) is 7.13. The van der Waals surface area contributed by atoms with E-state index in [0.717, 1.165) is 11.1 Å². The van der Waals surface area contributed by atoms with Crippen molar-refractivity contribution < 1.29 is 4.79 Å². The van der Waals surface area contributed by atoms with E-state index in [1.807, 2.05) is 13.2 Å². The highest BCUT2D eigenvalue weighted by molar-refractivity contribution is 6.36.